The maximum absolute atomic E-state index is 13.7. The SMILES string of the molecule is CCN1c2cc(C(=O)Nc3ccc(C)c(F)c3)ccc2C(=O)N2CCCC21. The lowest BCUT2D eigenvalue weighted by atomic mass is 10.0. The molecule has 2 aromatic carbocycles. The number of benzene rings is 2. The lowest BCUT2D eigenvalue weighted by Gasteiger charge is -2.41. The van der Waals surface area contributed by atoms with Crippen LogP contribution >= 0.6 is 0 Å². The van der Waals surface area contributed by atoms with E-state index in [0.717, 1.165) is 31.6 Å². The van der Waals surface area contributed by atoms with Crippen molar-refractivity contribution in [2.45, 2.75) is 32.9 Å². The molecule has 2 amide bonds. The molecule has 2 aromatic rings. The molecule has 0 bridgehead atoms. The van der Waals surface area contributed by atoms with Gasteiger partial charge in [-0.2, -0.15) is 0 Å². The van der Waals surface area contributed by atoms with Gasteiger partial charge in [-0.05, 0) is 62.6 Å². The van der Waals surface area contributed by atoms with Crippen molar-refractivity contribution in [3.8, 4) is 0 Å². The van der Waals surface area contributed by atoms with Gasteiger partial charge in [0.1, 0.15) is 12.0 Å². The zero-order valence-electron chi connectivity index (χ0n) is 15.5. The molecule has 2 aliphatic heterocycles. The van der Waals surface area contributed by atoms with Gasteiger partial charge in [-0.1, -0.05) is 6.07 Å². The number of rotatable bonds is 3. The Morgan fingerprint density at radius 3 is 2.81 bits per heavy atom. The quantitative estimate of drug-likeness (QED) is 0.898. The van der Waals surface area contributed by atoms with E-state index in [0.29, 0.717) is 22.4 Å². The number of anilines is 2. The fourth-order valence-electron chi connectivity index (χ4n) is 3.97. The lowest BCUT2D eigenvalue weighted by molar-refractivity contribution is 0.0715. The molecule has 0 spiro atoms. The van der Waals surface area contributed by atoms with E-state index in [1.54, 1.807) is 37.3 Å². The first-order valence-corrected chi connectivity index (χ1v) is 9.28. The summed E-state index contributed by atoms with van der Waals surface area (Å²) in [7, 11) is 0. The van der Waals surface area contributed by atoms with E-state index in [1.807, 2.05) is 4.90 Å². The summed E-state index contributed by atoms with van der Waals surface area (Å²) in [6.07, 6.45) is 2.00. The number of carbonyl (C=O) groups excluding carboxylic acids is 2. The standard InChI is InChI=1S/C21H22FN3O2/c1-3-24-18-11-14(20(26)23-15-8-6-13(2)17(22)12-15)7-9-16(18)21(27)25-10-4-5-19(24)25/h6-9,11-12,19H,3-5,10H2,1-2H3,(H,23,26). The third-order valence-corrected chi connectivity index (χ3v) is 5.41. The Hall–Kier alpha value is -2.89. The molecular weight excluding hydrogens is 345 g/mol. The monoisotopic (exact) mass is 367 g/mol. The highest BCUT2D eigenvalue weighted by atomic mass is 19.1. The first-order valence-electron chi connectivity index (χ1n) is 9.28. The Balaban J connectivity index is 1.65. The number of hydrogen-bond acceptors (Lipinski definition) is 3. The van der Waals surface area contributed by atoms with Gasteiger partial charge in [0.2, 0.25) is 0 Å². The van der Waals surface area contributed by atoms with Gasteiger partial charge in [0.15, 0.2) is 0 Å². The summed E-state index contributed by atoms with van der Waals surface area (Å²) in [6, 6.07) is 9.76. The molecule has 0 aromatic heterocycles. The summed E-state index contributed by atoms with van der Waals surface area (Å²) in [5.74, 6) is -0.648. The second kappa shape index (κ2) is 6.68. The van der Waals surface area contributed by atoms with Crippen molar-refractivity contribution in [1.82, 2.24) is 4.90 Å². The number of fused-ring (bicyclic) bond motifs is 2. The van der Waals surface area contributed by atoms with Gasteiger partial charge < -0.3 is 15.1 Å². The number of aryl methyl sites for hydroxylation is 1. The minimum Gasteiger partial charge on any atom is -0.351 e. The fourth-order valence-corrected chi connectivity index (χ4v) is 3.97. The molecular formula is C21H22FN3O2. The topological polar surface area (TPSA) is 52.7 Å². The highest BCUT2D eigenvalue weighted by Crippen LogP contribution is 2.36. The van der Waals surface area contributed by atoms with Gasteiger partial charge in [-0.3, -0.25) is 9.59 Å². The van der Waals surface area contributed by atoms with Crippen molar-refractivity contribution < 1.29 is 14.0 Å². The van der Waals surface area contributed by atoms with Gasteiger partial charge in [0, 0.05) is 24.3 Å². The van der Waals surface area contributed by atoms with Gasteiger partial charge in [0.05, 0.1) is 11.3 Å². The van der Waals surface area contributed by atoms with Gasteiger partial charge in [0.25, 0.3) is 11.8 Å². The van der Waals surface area contributed by atoms with Gasteiger partial charge in [-0.15, -0.1) is 0 Å². The van der Waals surface area contributed by atoms with E-state index < -0.39 is 0 Å². The number of amides is 2. The van der Waals surface area contributed by atoms with E-state index in [4.69, 9.17) is 0 Å². The maximum atomic E-state index is 13.7. The predicted octanol–water partition coefficient (Wildman–Crippen LogP) is 3.79. The summed E-state index contributed by atoms with van der Waals surface area (Å²) in [5.41, 5.74) is 2.82. The molecule has 1 atom stereocenters. The molecule has 2 heterocycles. The lowest BCUT2D eigenvalue weighted by Crippen LogP contribution is -2.52. The van der Waals surface area contributed by atoms with Crippen LogP contribution in [0.4, 0.5) is 15.8 Å². The Morgan fingerprint density at radius 2 is 2.07 bits per heavy atom. The highest BCUT2D eigenvalue weighted by Gasteiger charge is 2.39. The van der Waals surface area contributed by atoms with Gasteiger partial charge in [-0.25, -0.2) is 4.39 Å². The molecule has 0 radical (unpaired) electrons. The van der Waals surface area contributed by atoms with E-state index in [2.05, 4.69) is 17.1 Å². The second-order valence-electron chi connectivity index (χ2n) is 7.06. The van der Waals surface area contributed by atoms with Crippen molar-refractivity contribution >= 4 is 23.2 Å². The van der Waals surface area contributed by atoms with E-state index in [-0.39, 0.29) is 23.8 Å². The summed E-state index contributed by atoms with van der Waals surface area (Å²) in [5, 5.41) is 2.73. The third kappa shape index (κ3) is 2.95. The van der Waals surface area contributed by atoms with Gasteiger partial charge >= 0.3 is 0 Å². The fraction of sp³-hybridized carbons (Fsp3) is 0.333. The van der Waals surface area contributed by atoms with Crippen LogP contribution in [0.25, 0.3) is 0 Å². The highest BCUT2D eigenvalue weighted by molar-refractivity contribution is 6.08. The largest absolute Gasteiger partial charge is 0.351 e. The molecule has 0 aliphatic carbocycles. The molecule has 2 aliphatic rings. The van der Waals surface area contributed by atoms with Crippen LogP contribution in [0.3, 0.4) is 0 Å². The first-order chi connectivity index (χ1) is 13.0. The number of nitrogens with zero attached hydrogens (tertiary/aromatic N) is 2. The smallest absolute Gasteiger partial charge is 0.257 e. The Labute approximate surface area is 157 Å². The van der Waals surface area contributed by atoms with Crippen molar-refractivity contribution in [3.05, 3.63) is 58.9 Å². The first kappa shape index (κ1) is 17.5. The van der Waals surface area contributed by atoms with Crippen molar-refractivity contribution in [2.75, 3.05) is 23.3 Å². The van der Waals surface area contributed by atoms with Crippen LogP contribution in [0.1, 0.15) is 46.0 Å². The summed E-state index contributed by atoms with van der Waals surface area (Å²) < 4.78 is 13.7. The Morgan fingerprint density at radius 1 is 1.26 bits per heavy atom. The molecule has 140 valence electrons. The summed E-state index contributed by atoms with van der Waals surface area (Å²) in [6.45, 7) is 5.27. The average Bonchev–Trinajstić information content (AvgIpc) is 3.15. The molecule has 27 heavy (non-hydrogen) atoms. The molecule has 6 heteroatoms. The zero-order chi connectivity index (χ0) is 19.1. The third-order valence-electron chi connectivity index (χ3n) is 5.41. The van der Waals surface area contributed by atoms with E-state index in [1.165, 1.54) is 6.07 Å². The number of halogens is 1. The van der Waals surface area contributed by atoms with Crippen molar-refractivity contribution in [1.29, 1.82) is 0 Å². The number of carbonyl (C=O) groups is 2. The van der Waals surface area contributed by atoms with Crippen LogP contribution in [0.15, 0.2) is 36.4 Å². The molecule has 1 unspecified atom stereocenters. The van der Waals surface area contributed by atoms with E-state index >= 15 is 0 Å². The molecule has 1 saturated heterocycles. The van der Waals surface area contributed by atoms with Crippen molar-refractivity contribution in [2.24, 2.45) is 0 Å². The summed E-state index contributed by atoms with van der Waals surface area (Å²) in [4.78, 5) is 29.5. The zero-order valence-corrected chi connectivity index (χ0v) is 15.5. The maximum Gasteiger partial charge on any atom is 0.257 e. The molecule has 0 saturated carbocycles. The minimum absolute atomic E-state index is 0.0322. The predicted molar refractivity (Wildman–Crippen MR) is 103 cm³/mol. The molecule has 1 N–H and O–H groups in total. The van der Waals surface area contributed by atoms with Crippen LogP contribution in [0, 0.1) is 12.7 Å². The number of hydrogen-bond donors (Lipinski definition) is 1. The molecule has 5 nitrogen and oxygen atoms in total. The van der Waals surface area contributed by atoms with Crippen LogP contribution < -0.4 is 10.2 Å². The molecule has 4 rings (SSSR count). The van der Waals surface area contributed by atoms with Crippen LogP contribution in [-0.4, -0.2) is 36.0 Å². The second-order valence-corrected chi connectivity index (χ2v) is 7.06. The minimum atomic E-state index is -0.359. The average molecular weight is 367 g/mol. The Bertz CT molecular complexity index is 928. The summed E-state index contributed by atoms with van der Waals surface area (Å²) >= 11 is 0. The van der Waals surface area contributed by atoms with Crippen LogP contribution in [0.2, 0.25) is 0 Å². The van der Waals surface area contributed by atoms with Crippen molar-refractivity contribution in [3.63, 3.8) is 0 Å². The Kier molecular flexibility index (Phi) is 4.34. The van der Waals surface area contributed by atoms with E-state index in [9.17, 15) is 14.0 Å². The normalized spacial score (nSPS) is 18.3. The number of nitrogens with one attached hydrogen (secondary N) is 1. The van der Waals surface area contributed by atoms with Crippen LogP contribution in [0.5, 0.6) is 0 Å². The van der Waals surface area contributed by atoms with Crippen LogP contribution in [-0.2, 0) is 0 Å². The molecule has 1 fully saturated rings.